The molecule has 0 unspecified atom stereocenters. The Morgan fingerprint density at radius 3 is 2.61 bits per heavy atom. The second kappa shape index (κ2) is 6.12. The Balaban J connectivity index is 2.12. The zero-order chi connectivity index (χ0) is 20.2. The molecule has 1 aromatic carbocycles. The summed E-state index contributed by atoms with van der Waals surface area (Å²) in [6.07, 6.45) is 5.27. The maximum absolute atomic E-state index is 12.2. The van der Waals surface area contributed by atoms with E-state index in [0.717, 1.165) is 11.1 Å². The largest absolute Gasteiger partial charge is 0.508 e. The number of pyridine rings is 1. The third-order valence-electron chi connectivity index (χ3n) is 4.97. The predicted molar refractivity (Wildman–Crippen MR) is 107 cm³/mol. The van der Waals surface area contributed by atoms with Gasteiger partial charge in [0.25, 0.3) is 5.91 Å². The second-order valence-corrected chi connectivity index (χ2v) is 6.81. The van der Waals surface area contributed by atoms with Crippen LogP contribution in [0.15, 0.2) is 36.8 Å². The number of fused-ring (bicyclic) bond motifs is 1. The molecule has 8 heteroatoms. The van der Waals surface area contributed by atoms with Gasteiger partial charge >= 0.3 is 0 Å². The Morgan fingerprint density at radius 1 is 1.21 bits per heavy atom. The van der Waals surface area contributed by atoms with Crippen molar-refractivity contribution in [1.29, 1.82) is 0 Å². The number of anilines is 1. The molecule has 0 bridgehead atoms. The van der Waals surface area contributed by atoms with Gasteiger partial charge in [-0.15, -0.1) is 0 Å². The fourth-order valence-electron chi connectivity index (χ4n) is 3.56. The summed E-state index contributed by atoms with van der Waals surface area (Å²) in [5, 5.41) is 14.6. The molecule has 0 radical (unpaired) electrons. The molecule has 0 aliphatic heterocycles. The minimum Gasteiger partial charge on any atom is -0.508 e. The van der Waals surface area contributed by atoms with Gasteiger partial charge in [-0.3, -0.25) is 13.9 Å². The minimum absolute atomic E-state index is 0.141. The Morgan fingerprint density at radius 2 is 1.96 bits per heavy atom. The number of benzene rings is 1. The van der Waals surface area contributed by atoms with E-state index in [1.165, 1.54) is 0 Å². The first-order valence-corrected chi connectivity index (χ1v) is 8.68. The number of aromatic nitrogens is 4. The van der Waals surface area contributed by atoms with Crippen molar-refractivity contribution < 1.29 is 9.90 Å². The van der Waals surface area contributed by atoms with Crippen LogP contribution in [0.4, 0.5) is 5.69 Å². The maximum atomic E-state index is 12.2. The van der Waals surface area contributed by atoms with E-state index in [2.05, 4.69) is 10.1 Å². The average molecular weight is 376 g/mol. The standard InChI is InChI=1S/C20H20N6O2/c1-10-4-5-15(27)11(2)16(10)12-9-26-14(13-6-7-25(3)24-13)8-23-20(26)17(18(12)21)19(22)28/h4-9,27H,21H2,1-3H3,(H2,22,28). The van der Waals surface area contributed by atoms with Crippen molar-refractivity contribution in [1.82, 2.24) is 19.2 Å². The number of nitrogen functional groups attached to an aromatic ring is 1. The highest BCUT2D eigenvalue weighted by atomic mass is 16.3. The fraction of sp³-hybridized carbons (Fsp3) is 0.150. The molecule has 28 heavy (non-hydrogen) atoms. The monoisotopic (exact) mass is 376 g/mol. The van der Waals surface area contributed by atoms with Gasteiger partial charge in [-0.1, -0.05) is 6.07 Å². The Bertz CT molecular complexity index is 1250. The molecule has 3 aromatic heterocycles. The summed E-state index contributed by atoms with van der Waals surface area (Å²) in [5.74, 6) is -0.519. The van der Waals surface area contributed by atoms with Gasteiger partial charge in [0.1, 0.15) is 17.0 Å². The van der Waals surface area contributed by atoms with Gasteiger partial charge in [0.2, 0.25) is 0 Å². The predicted octanol–water partition coefficient (Wildman–Crippen LogP) is 2.41. The number of hydrogen-bond acceptors (Lipinski definition) is 5. The number of amides is 1. The minimum atomic E-state index is -0.669. The summed E-state index contributed by atoms with van der Waals surface area (Å²) >= 11 is 0. The Labute approximate surface area is 161 Å². The normalized spacial score (nSPS) is 11.2. The van der Waals surface area contributed by atoms with Crippen LogP contribution >= 0.6 is 0 Å². The lowest BCUT2D eigenvalue weighted by atomic mass is 9.93. The molecular formula is C20H20N6O2. The first kappa shape index (κ1) is 17.6. The average Bonchev–Trinajstić information content (AvgIpc) is 3.24. The van der Waals surface area contributed by atoms with Crippen molar-refractivity contribution in [3.8, 4) is 28.3 Å². The molecule has 0 aliphatic rings. The number of aryl methyl sites for hydroxylation is 2. The van der Waals surface area contributed by atoms with E-state index in [-0.39, 0.29) is 17.0 Å². The molecule has 5 N–H and O–H groups in total. The van der Waals surface area contributed by atoms with Crippen LogP contribution in [-0.2, 0) is 7.05 Å². The molecule has 4 aromatic rings. The third kappa shape index (κ3) is 2.50. The van der Waals surface area contributed by atoms with Crippen LogP contribution in [-0.4, -0.2) is 30.2 Å². The molecule has 8 nitrogen and oxygen atoms in total. The number of phenolic OH excluding ortho intramolecular Hbond substituents is 1. The van der Waals surface area contributed by atoms with Gasteiger partial charge < -0.3 is 16.6 Å². The lowest BCUT2D eigenvalue weighted by Crippen LogP contribution is -2.16. The lowest BCUT2D eigenvalue weighted by Gasteiger charge is -2.17. The van der Waals surface area contributed by atoms with Crippen molar-refractivity contribution in [2.45, 2.75) is 13.8 Å². The van der Waals surface area contributed by atoms with Crippen LogP contribution in [0.25, 0.3) is 28.2 Å². The number of rotatable bonds is 3. The van der Waals surface area contributed by atoms with Gasteiger partial charge in [-0.05, 0) is 42.7 Å². The second-order valence-electron chi connectivity index (χ2n) is 6.81. The number of nitrogens with two attached hydrogens (primary N) is 2. The molecular weight excluding hydrogens is 356 g/mol. The number of aromatic hydroxyl groups is 1. The van der Waals surface area contributed by atoms with E-state index in [4.69, 9.17) is 11.5 Å². The van der Waals surface area contributed by atoms with Crippen molar-refractivity contribution in [3.05, 3.63) is 53.5 Å². The van der Waals surface area contributed by atoms with Crippen molar-refractivity contribution in [3.63, 3.8) is 0 Å². The molecule has 3 heterocycles. The van der Waals surface area contributed by atoms with Crippen LogP contribution in [0.1, 0.15) is 21.5 Å². The van der Waals surface area contributed by atoms with Gasteiger partial charge in [0, 0.05) is 25.0 Å². The molecule has 0 aliphatic carbocycles. The molecule has 0 saturated carbocycles. The van der Waals surface area contributed by atoms with Crippen LogP contribution in [0.2, 0.25) is 0 Å². The highest BCUT2D eigenvalue weighted by Crippen LogP contribution is 2.38. The van der Waals surface area contributed by atoms with Crippen molar-refractivity contribution in [2.75, 3.05) is 5.73 Å². The first-order valence-electron chi connectivity index (χ1n) is 8.68. The van der Waals surface area contributed by atoms with Crippen LogP contribution in [0.3, 0.4) is 0 Å². The molecule has 0 fully saturated rings. The van der Waals surface area contributed by atoms with Gasteiger partial charge in [-0.25, -0.2) is 4.98 Å². The number of nitrogens with zero attached hydrogens (tertiary/aromatic N) is 4. The van der Waals surface area contributed by atoms with Crippen LogP contribution in [0.5, 0.6) is 5.75 Å². The molecule has 0 spiro atoms. The van der Waals surface area contributed by atoms with E-state index >= 15 is 0 Å². The highest BCUT2D eigenvalue weighted by Gasteiger charge is 2.23. The zero-order valence-electron chi connectivity index (χ0n) is 15.8. The number of primary amides is 1. The quantitative estimate of drug-likeness (QED) is 0.506. The zero-order valence-corrected chi connectivity index (χ0v) is 15.8. The third-order valence-corrected chi connectivity index (χ3v) is 4.97. The smallest absolute Gasteiger partial charge is 0.254 e. The first-order chi connectivity index (χ1) is 13.3. The SMILES string of the molecule is Cc1ccc(O)c(C)c1-c1cn2c(-c3ccn(C)n3)cnc2c(C(N)=O)c1N. The number of phenols is 1. The molecule has 0 saturated heterocycles. The summed E-state index contributed by atoms with van der Waals surface area (Å²) in [4.78, 5) is 16.6. The van der Waals surface area contributed by atoms with Crippen molar-refractivity contribution in [2.24, 2.45) is 12.8 Å². The summed E-state index contributed by atoms with van der Waals surface area (Å²) in [6, 6.07) is 5.29. The van der Waals surface area contributed by atoms with E-state index in [1.54, 1.807) is 34.3 Å². The molecule has 4 rings (SSSR count). The number of carbonyl (C=O) groups excluding carboxylic acids is 1. The van der Waals surface area contributed by atoms with E-state index in [1.807, 2.05) is 32.4 Å². The van der Waals surface area contributed by atoms with Crippen molar-refractivity contribution >= 4 is 17.2 Å². The Kier molecular flexibility index (Phi) is 3.85. The van der Waals surface area contributed by atoms with Gasteiger partial charge in [0.05, 0.1) is 17.6 Å². The summed E-state index contributed by atoms with van der Waals surface area (Å²) in [5.41, 5.74) is 17.1. The number of carbonyl (C=O) groups is 1. The fourth-order valence-corrected chi connectivity index (χ4v) is 3.56. The summed E-state index contributed by atoms with van der Waals surface area (Å²) < 4.78 is 3.45. The van der Waals surface area contributed by atoms with E-state index in [9.17, 15) is 9.90 Å². The van der Waals surface area contributed by atoms with Gasteiger partial charge in [-0.2, -0.15) is 5.10 Å². The molecule has 0 atom stereocenters. The lowest BCUT2D eigenvalue weighted by molar-refractivity contribution is 0.100. The molecule has 142 valence electrons. The van der Waals surface area contributed by atoms with E-state index < -0.39 is 5.91 Å². The maximum Gasteiger partial charge on any atom is 0.254 e. The molecule has 1 amide bonds. The van der Waals surface area contributed by atoms with Gasteiger partial charge in [0.15, 0.2) is 5.65 Å². The van der Waals surface area contributed by atoms with Crippen LogP contribution in [0, 0.1) is 13.8 Å². The highest BCUT2D eigenvalue weighted by molar-refractivity contribution is 6.07. The number of imidazole rings is 1. The van der Waals surface area contributed by atoms with E-state index in [0.29, 0.717) is 28.2 Å². The van der Waals surface area contributed by atoms with Crippen LogP contribution < -0.4 is 11.5 Å². The number of hydrogen-bond donors (Lipinski definition) is 3. The summed E-state index contributed by atoms with van der Waals surface area (Å²) in [7, 11) is 1.82. The topological polar surface area (TPSA) is 124 Å². The Hall–Kier alpha value is -3.81. The summed E-state index contributed by atoms with van der Waals surface area (Å²) in [6.45, 7) is 3.72.